The number of benzene rings is 1. The Labute approximate surface area is 123 Å². The summed E-state index contributed by atoms with van der Waals surface area (Å²) in [6.07, 6.45) is 1.88. The average Bonchev–Trinajstić information content (AvgIpc) is 2.44. The Bertz CT molecular complexity index is 414. The van der Waals surface area contributed by atoms with E-state index in [1.54, 1.807) is 0 Å². The van der Waals surface area contributed by atoms with Crippen LogP contribution in [0.4, 0.5) is 0 Å². The summed E-state index contributed by atoms with van der Waals surface area (Å²) in [5.74, 6) is 0.152. The lowest BCUT2D eigenvalue weighted by molar-refractivity contribution is -0.132. The summed E-state index contributed by atoms with van der Waals surface area (Å²) in [4.78, 5) is 14.5. The Morgan fingerprint density at radius 2 is 1.90 bits per heavy atom. The lowest BCUT2D eigenvalue weighted by Gasteiger charge is -2.31. The molecule has 0 heterocycles. The first-order valence-corrected chi connectivity index (χ1v) is 7.41. The highest BCUT2D eigenvalue weighted by Crippen LogP contribution is 2.25. The summed E-state index contributed by atoms with van der Waals surface area (Å²) in [7, 11) is 1.88. The predicted octanol–water partition coefficient (Wildman–Crippen LogP) is 3.01. The zero-order valence-electron chi connectivity index (χ0n) is 13.2. The molecule has 0 saturated heterocycles. The van der Waals surface area contributed by atoms with Crippen LogP contribution in [0.15, 0.2) is 30.3 Å². The molecule has 3 nitrogen and oxygen atoms in total. The fourth-order valence-electron chi connectivity index (χ4n) is 2.46. The minimum atomic E-state index is -0.0438. The van der Waals surface area contributed by atoms with E-state index in [9.17, 15) is 4.79 Å². The second kappa shape index (κ2) is 7.44. The molecule has 1 aromatic rings. The fraction of sp³-hybridized carbons (Fsp3) is 0.588. The summed E-state index contributed by atoms with van der Waals surface area (Å²) in [6, 6.07) is 10.1. The molecular weight excluding hydrogens is 248 g/mol. The molecule has 0 saturated carbocycles. The van der Waals surface area contributed by atoms with Crippen molar-refractivity contribution in [2.75, 3.05) is 20.1 Å². The smallest absolute Gasteiger partial charge is 0.229 e. The molecule has 0 aromatic heterocycles. The maximum atomic E-state index is 12.7. The van der Waals surface area contributed by atoms with E-state index in [1.807, 2.05) is 42.3 Å². The minimum Gasteiger partial charge on any atom is -0.345 e. The molecule has 112 valence electrons. The first kappa shape index (κ1) is 16.7. The number of carbonyl (C=O) groups is 1. The number of hydrogen-bond acceptors (Lipinski definition) is 2. The maximum Gasteiger partial charge on any atom is 0.229 e. The molecule has 3 heteroatoms. The Hall–Kier alpha value is -1.35. The van der Waals surface area contributed by atoms with E-state index in [4.69, 9.17) is 5.73 Å². The third-order valence-corrected chi connectivity index (χ3v) is 3.67. The van der Waals surface area contributed by atoms with Gasteiger partial charge in [0.25, 0.3) is 0 Å². The highest BCUT2D eigenvalue weighted by molar-refractivity contribution is 5.83. The van der Waals surface area contributed by atoms with E-state index in [0.29, 0.717) is 13.1 Å². The van der Waals surface area contributed by atoms with Crippen LogP contribution in [0.25, 0.3) is 0 Å². The molecule has 0 bridgehead atoms. The molecule has 0 aliphatic carbocycles. The van der Waals surface area contributed by atoms with Crippen LogP contribution in [0, 0.1) is 5.41 Å². The standard InChI is InChI=1S/C17H28N2O/c1-5-9-15(14-10-7-6-8-11-14)16(20)19(4)13-17(2,3)12-18/h6-8,10-11,15H,5,9,12-13,18H2,1-4H3. The van der Waals surface area contributed by atoms with E-state index in [1.165, 1.54) is 0 Å². The van der Waals surface area contributed by atoms with Crippen molar-refractivity contribution in [3.63, 3.8) is 0 Å². The van der Waals surface area contributed by atoms with Crippen molar-refractivity contribution < 1.29 is 4.79 Å². The van der Waals surface area contributed by atoms with Gasteiger partial charge in [0.05, 0.1) is 5.92 Å². The van der Waals surface area contributed by atoms with E-state index in [2.05, 4.69) is 20.8 Å². The second-order valence-corrected chi connectivity index (χ2v) is 6.31. The maximum absolute atomic E-state index is 12.7. The van der Waals surface area contributed by atoms with Crippen LogP contribution in [0.2, 0.25) is 0 Å². The zero-order valence-corrected chi connectivity index (χ0v) is 13.2. The number of nitrogens with two attached hydrogens (primary N) is 1. The molecule has 0 fully saturated rings. The Morgan fingerprint density at radius 1 is 1.30 bits per heavy atom. The van der Waals surface area contributed by atoms with Gasteiger partial charge in [-0.2, -0.15) is 0 Å². The molecule has 1 rings (SSSR count). The van der Waals surface area contributed by atoms with Crippen LogP contribution in [0.1, 0.15) is 45.1 Å². The molecule has 1 unspecified atom stereocenters. The first-order valence-electron chi connectivity index (χ1n) is 7.41. The normalized spacial score (nSPS) is 13.1. The van der Waals surface area contributed by atoms with Crippen molar-refractivity contribution in [1.29, 1.82) is 0 Å². The third kappa shape index (κ3) is 4.64. The summed E-state index contributed by atoms with van der Waals surface area (Å²) in [6.45, 7) is 7.57. The molecule has 0 radical (unpaired) electrons. The SMILES string of the molecule is CCCC(C(=O)N(C)CC(C)(C)CN)c1ccccc1. The lowest BCUT2D eigenvalue weighted by Crippen LogP contribution is -2.41. The molecule has 0 aliphatic heterocycles. The van der Waals surface area contributed by atoms with Gasteiger partial charge in [-0.15, -0.1) is 0 Å². The molecule has 1 amide bonds. The molecule has 0 spiro atoms. The Morgan fingerprint density at radius 3 is 2.40 bits per heavy atom. The van der Waals surface area contributed by atoms with Gasteiger partial charge in [0.15, 0.2) is 0 Å². The summed E-state index contributed by atoms with van der Waals surface area (Å²) < 4.78 is 0. The number of hydrogen-bond donors (Lipinski definition) is 1. The number of carbonyl (C=O) groups excluding carboxylic acids is 1. The van der Waals surface area contributed by atoms with Crippen LogP contribution in [0.3, 0.4) is 0 Å². The Balaban J connectivity index is 2.84. The van der Waals surface area contributed by atoms with Gasteiger partial charge in [-0.25, -0.2) is 0 Å². The van der Waals surface area contributed by atoms with Crippen LogP contribution in [0.5, 0.6) is 0 Å². The van der Waals surface area contributed by atoms with Gasteiger partial charge in [0, 0.05) is 13.6 Å². The van der Waals surface area contributed by atoms with Crippen molar-refractivity contribution in [2.24, 2.45) is 11.1 Å². The van der Waals surface area contributed by atoms with E-state index < -0.39 is 0 Å². The Kier molecular flexibility index (Phi) is 6.21. The van der Waals surface area contributed by atoms with Crippen molar-refractivity contribution in [3.8, 4) is 0 Å². The minimum absolute atomic E-state index is 0.0419. The topological polar surface area (TPSA) is 46.3 Å². The molecule has 0 aliphatic rings. The van der Waals surface area contributed by atoms with Crippen molar-refractivity contribution in [1.82, 2.24) is 4.90 Å². The summed E-state index contributed by atoms with van der Waals surface area (Å²) in [5, 5.41) is 0. The quantitative estimate of drug-likeness (QED) is 0.832. The third-order valence-electron chi connectivity index (χ3n) is 3.67. The largest absolute Gasteiger partial charge is 0.345 e. The molecular formula is C17H28N2O. The number of nitrogens with zero attached hydrogens (tertiary/aromatic N) is 1. The monoisotopic (exact) mass is 276 g/mol. The summed E-state index contributed by atoms with van der Waals surface area (Å²) in [5.41, 5.74) is 6.83. The van der Waals surface area contributed by atoms with Crippen LogP contribution >= 0.6 is 0 Å². The average molecular weight is 276 g/mol. The number of likely N-dealkylation sites (N-methyl/N-ethyl adjacent to an activating group) is 1. The van der Waals surface area contributed by atoms with E-state index >= 15 is 0 Å². The van der Waals surface area contributed by atoms with Gasteiger partial charge in [0.1, 0.15) is 0 Å². The fourth-order valence-corrected chi connectivity index (χ4v) is 2.46. The molecule has 1 atom stereocenters. The van der Waals surface area contributed by atoms with Gasteiger partial charge in [-0.3, -0.25) is 4.79 Å². The zero-order chi connectivity index (χ0) is 15.2. The van der Waals surface area contributed by atoms with Gasteiger partial charge < -0.3 is 10.6 Å². The highest BCUT2D eigenvalue weighted by Gasteiger charge is 2.27. The van der Waals surface area contributed by atoms with Gasteiger partial charge in [-0.1, -0.05) is 57.5 Å². The van der Waals surface area contributed by atoms with Gasteiger partial charge in [0.2, 0.25) is 5.91 Å². The number of rotatable bonds is 7. The van der Waals surface area contributed by atoms with E-state index in [0.717, 1.165) is 18.4 Å². The first-order chi connectivity index (χ1) is 9.41. The van der Waals surface area contributed by atoms with Crippen LogP contribution in [-0.2, 0) is 4.79 Å². The van der Waals surface area contributed by atoms with E-state index in [-0.39, 0.29) is 17.2 Å². The van der Waals surface area contributed by atoms with Crippen LogP contribution < -0.4 is 5.73 Å². The van der Waals surface area contributed by atoms with Crippen LogP contribution in [-0.4, -0.2) is 30.9 Å². The van der Waals surface area contributed by atoms with Crippen molar-refractivity contribution in [2.45, 2.75) is 39.5 Å². The number of amides is 1. The van der Waals surface area contributed by atoms with Gasteiger partial charge >= 0.3 is 0 Å². The summed E-state index contributed by atoms with van der Waals surface area (Å²) >= 11 is 0. The highest BCUT2D eigenvalue weighted by atomic mass is 16.2. The van der Waals surface area contributed by atoms with Gasteiger partial charge in [-0.05, 0) is 23.9 Å². The predicted molar refractivity (Wildman–Crippen MR) is 84.6 cm³/mol. The van der Waals surface area contributed by atoms with Crippen molar-refractivity contribution in [3.05, 3.63) is 35.9 Å². The molecule has 20 heavy (non-hydrogen) atoms. The molecule has 2 N–H and O–H groups in total. The molecule has 1 aromatic carbocycles. The van der Waals surface area contributed by atoms with Crippen molar-refractivity contribution >= 4 is 5.91 Å². The second-order valence-electron chi connectivity index (χ2n) is 6.31. The lowest BCUT2D eigenvalue weighted by atomic mass is 9.90.